The molecule has 0 amide bonds. The van der Waals surface area contributed by atoms with Gasteiger partial charge in [0.1, 0.15) is 11.9 Å². The number of rotatable bonds is 5. The molecule has 1 fully saturated rings. The minimum atomic E-state index is -3.96. The number of fused-ring (bicyclic) bond motifs is 4. The van der Waals surface area contributed by atoms with Gasteiger partial charge in [0.15, 0.2) is 0 Å². The number of aliphatic hydroxyl groups excluding tert-OH is 1. The predicted molar refractivity (Wildman–Crippen MR) is 119 cm³/mol. The highest BCUT2D eigenvalue weighted by atomic mass is 32.2. The number of carboxylic acid groups (broad SMARTS) is 1. The Morgan fingerprint density at radius 1 is 1.06 bits per heavy atom. The first-order valence-electron chi connectivity index (χ1n) is 10.2. The van der Waals surface area contributed by atoms with Crippen molar-refractivity contribution in [3.8, 4) is 5.75 Å². The van der Waals surface area contributed by atoms with E-state index in [0.717, 1.165) is 5.39 Å². The van der Waals surface area contributed by atoms with Crippen LogP contribution in [0.5, 0.6) is 5.75 Å². The second kappa shape index (κ2) is 7.44. The fraction of sp³-hybridized carbons (Fsp3) is 0.208. The first-order chi connectivity index (χ1) is 15.3. The third-order valence-electron chi connectivity index (χ3n) is 6.26. The Morgan fingerprint density at radius 3 is 2.56 bits per heavy atom. The molecule has 5 rings (SSSR count). The van der Waals surface area contributed by atoms with E-state index >= 15 is 0 Å². The number of aliphatic carboxylic acids is 1. The Bertz CT molecular complexity index is 1360. The van der Waals surface area contributed by atoms with Crippen LogP contribution >= 0.6 is 0 Å². The molecule has 1 heterocycles. The summed E-state index contributed by atoms with van der Waals surface area (Å²) in [5.41, 5.74) is 0.918. The normalized spacial score (nSPS) is 24.0. The van der Waals surface area contributed by atoms with E-state index in [4.69, 9.17) is 4.74 Å². The van der Waals surface area contributed by atoms with Crippen LogP contribution in [0.15, 0.2) is 72.1 Å². The molecule has 2 aliphatic rings. The van der Waals surface area contributed by atoms with Gasteiger partial charge in [0.05, 0.1) is 22.6 Å². The van der Waals surface area contributed by atoms with E-state index < -0.39 is 40.2 Å². The van der Waals surface area contributed by atoms with Crippen molar-refractivity contribution in [2.45, 2.75) is 35.5 Å². The lowest BCUT2D eigenvalue weighted by atomic mass is 9.91. The molecular weight excluding hydrogens is 430 g/mol. The van der Waals surface area contributed by atoms with Gasteiger partial charge in [-0.05, 0) is 11.5 Å². The first-order valence-corrected chi connectivity index (χ1v) is 11.7. The molecule has 3 aromatic rings. The maximum Gasteiger partial charge on any atom is 0.335 e. The molecule has 0 aromatic heterocycles. The van der Waals surface area contributed by atoms with Crippen LogP contribution < -0.4 is 9.46 Å². The number of sulfonamides is 1. The maximum atomic E-state index is 13.4. The van der Waals surface area contributed by atoms with Gasteiger partial charge in [-0.25, -0.2) is 17.9 Å². The number of para-hydroxylation sites is 1. The molecular formula is C24H21NO6S. The predicted octanol–water partition coefficient (Wildman–Crippen LogP) is 2.89. The summed E-state index contributed by atoms with van der Waals surface area (Å²) in [7, 11) is -3.96. The van der Waals surface area contributed by atoms with Crippen molar-refractivity contribution in [1.29, 1.82) is 0 Å². The zero-order chi connectivity index (χ0) is 22.6. The van der Waals surface area contributed by atoms with Crippen LogP contribution in [0.25, 0.3) is 16.3 Å². The average molecular weight is 452 g/mol. The summed E-state index contributed by atoms with van der Waals surface area (Å²) in [6.07, 6.45) is -1.20. The average Bonchev–Trinajstić information content (AvgIpc) is 3.27. The zero-order valence-electron chi connectivity index (χ0n) is 16.9. The fourth-order valence-corrected chi connectivity index (χ4v) is 6.32. The maximum absolute atomic E-state index is 13.4. The summed E-state index contributed by atoms with van der Waals surface area (Å²) in [4.78, 5) is 11.6. The molecule has 4 atom stereocenters. The topological polar surface area (TPSA) is 113 Å². The third-order valence-corrected chi connectivity index (χ3v) is 7.78. The molecule has 7 nitrogen and oxygen atoms in total. The number of ether oxygens (including phenoxy) is 1. The Labute approximate surface area is 185 Å². The number of aliphatic hydroxyl groups is 1. The van der Waals surface area contributed by atoms with Gasteiger partial charge < -0.3 is 14.9 Å². The fourth-order valence-electron chi connectivity index (χ4n) is 4.79. The zero-order valence-corrected chi connectivity index (χ0v) is 17.7. The summed E-state index contributed by atoms with van der Waals surface area (Å²) in [6, 6.07) is 16.5. The van der Waals surface area contributed by atoms with Crippen molar-refractivity contribution < 1.29 is 28.2 Å². The molecule has 1 aliphatic carbocycles. The summed E-state index contributed by atoms with van der Waals surface area (Å²) in [5, 5.41) is 21.4. The highest BCUT2D eigenvalue weighted by Crippen LogP contribution is 2.50. The van der Waals surface area contributed by atoms with Crippen molar-refractivity contribution in [2.24, 2.45) is 0 Å². The van der Waals surface area contributed by atoms with E-state index in [0.29, 0.717) is 22.3 Å². The minimum absolute atomic E-state index is 0.102. The van der Waals surface area contributed by atoms with Crippen LogP contribution in [0, 0.1) is 0 Å². The van der Waals surface area contributed by atoms with Crippen LogP contribution in [-0.2, 0) is 14.8 Å². The number of benzene rings is 3. The van der Waals surface area contributed by atoms with Crippen molar-refractivity contribution in [2.75, 3.05) is 0 Å². The lowest BCUT2D eigenvalue weighted by Crippen LogP contribution is -2.43. The number of carboxylic acids is 1. The van der Waals surface area contributed by atoms with Crippen LogP contribution in [0.4, 0.5) is 0 Å². The lowest BCUT2D eigenvalue weighted by Gasteiger charge is -2.22. The second-order valence-corrected chi connectivity index (χ2v) is 9.80. The minimum Gasteiger partial charge on any atom is -0.489 e. The summed E-state index contributed by atoms with van der Waals surface area (Å²) in [5.74, 6) is -1.23. The summed E-state index contributed by atoms with van der Waals surface area (Å²) < 4.78 is 35.4. The Hall–Kier alpha value is -3.20. The van der Waals surface area contributed by atoms with E-state index in [9.17, 15) is 23.4 Å². The van der Waals surface area contributed by atoms with Crippen LogP contribution in [0.1, 0.15) is 23.5 Å². The smallest absolute Gasteiger partial charge is 0.335 e. The van der Waals surface area contributed by atoms with E-state index in [1.807, 2.05) is 18.2 Å². The Kier molecular flexibility index (Phi) is 4.81. The molecule has 3 aromatic carbocycles. The molecule has 3 N–H and O–H groups in total. The van der Waals surface area contributed by atoms with Gasteiger partial charge in [0.2, 0.25) is 10.0 Å². The van der Waals surface area contributed by atoms with Crippen LogP contribution in [0.3, 0.4) is 0 Å². The van der Waals surface area contributed by atoms with Crippen molar-refractivity contribution >= 4 is 32.3 Å². The molecule has 1 aliphatic heterocycles. The van der Waals surface area contributed by atoms with Gasteiger partial charge in [-0.1, -0.05) is 61.2 Å². The van der Waals surface area contributed by atoms with Gasteiger partial charge in [0.25, 0.3) is 0 Å². The lowest BCUT2D eigenvalue weighted by molar-refractivity contribution is -0.130. The monoisotopic (exact) mass is 451 g/mol. The number of carbonyl (C=O) groups is 1. The van der Waals surface area contributed by atoms with E-state index in [1.165, 1.54) is 6.07 Å². The second-order valence-electron chi connectivity index (χ2n) is 8.12. The number of hydrogen-bond donors (Lipinski definition) is 3. The molecule has 1 saturated carbocycles. The standard InChI is InChI=1S/C24H21NO6S/c1-13(24(27)28)15-9-5-10-17-21-19(31-23(15)17)12-18(26)22(21)25-32(29,30)20-11-4-7-14-6-2-3-8-16(14)20/h2-11,18-19,21-22,25-26H,1,12H2,(H,27,28). The number of hydrogen-bond acceptors (Lipinski definition) is 5. The van der Waals surface area contributed by atoms with Gasteiger partial charge in [-0.15, -0.1) is 0 Å². The molecule has 0 saturated heterocycles. The van der Waals surface area contributed by atoms with E-state index in [-0.39, 0.29) is 16.9 Å². The Morgan fingerprint density at radius 2 is 1.78 bits per heavy atom. The molecule has 0 bridgehead atoms. The third kappa shape index (κ3) is 3.19. The van der Waals surface area contributed by atoms with Crippen molar-refractivity contribution in [3.05, 3.63) is 78.4 Å². The Balaban J connectivity index is 1.53. The molecule has 8 heteroatoms. The molecule has 32 heavy (non-hydrogen) atoms. The van der Waals surface area contributed by atoms with Crippen molar-refractivity contribution in [1.82, 2.24) is 4.72 Å². The molecule has 0 spiro atoms. The van der Waals surface area contributed by atoms with Gasteiger partial charge in [-0.2, -0.15) is 0 Å². The molecule has 0 radical (unpaired) electrons. The highest BCUT2D eigenvalue weighted by molar-refractivity contribution is 7.89. The van der Waals surface area contributed by atoms with E-state index in [2.05, 4.69) is 11.3 Å². The van der Waals surface area contributed by atoms with E-state index in [1.54, 1.807) is 36.4 Å². The van der Waals surface area contributed by atoms with Gasteiger partial charge >= 0.3 is 5.97 Å². The van der Waals surface area contributed by atoms with Gasteiger partial charge in [-0.3, -0.25) is 0 Å². The quantitative estimate of drug-likeness (QED) is 0.514. The number of nitrogens with one attached hydrogen (secondary N) is 1. The first kappa shape index (κ1) is 20.7. The summed E-state index contributed by atoms with van der Waals surface area (Å²) in [6.45, 7) is 3.62. The summed E-state index contributed by atoms with van der Waals surface area (Å²) >= 11 is 0. The van der Waals surface area contributed by atoms with Crippen LogP contribution in [-0.4, -0.2) is 42.8 Å². The van der Waals surface area contributed by atoms with Crippen molar-refractivity contribution in [3.63, 3.8) is 0 Å². The highest BCUT2D eigenvalue weighted by Gasteiger charge is 2.51. The molecule has 4 unspecified atom stereocenters. The van der Waals surface area contributed by atoms with Gasteiger partial charge in [0, 0.05) is 28.9 Å². The SMILES string of the molecule is C=C(C(=O)O)c1cccc2c1OC1CC(O)C(NS(=O)(=O)c3cccc4ccccc34)C21. The molecule has 164 valence electrons. The largest absolute Gasteiger partial charge is 0.489 e. The van der Waals surface area contributed by atoms with Crippen LogP contribution in [0.2, 0.25) is 0 Å².